The molecule has 0 spiro atoms. The van der Waals surface area contributed by atoms with Gasteiger partial charge in [-0.3, -0.25) is 9.59 Å². The van der Waals surface area contributed by atoms with Crippen LogP contribution in [0.5, 0.6) is 0 Å². The molecule has 1 atom stereocenters. The number of aliphatic carboxylic acids is 1. The van der Waals surface area contributed by atoms with Crippen LogP contribution in [-0.2, 0) is 14.3 Å². The molecule has 0 radical (unpaired) electrons. The van der Waals surface area contributed by atoms with E-state index in [9.17, 15) is 9.59 Å². The van der Waals surface area contributed by atoms with Crippen molar-refractivity contribution < 1.29 is 19.4 Å². The first-order chi connectivity index (χ1) is 18.1. The number of rotatable bonds is 30. The van der Waals surface area contributed by atoms with Crippen molar-refractivity contribution in [2.75, 3.05) is 0 Å². The van der Waals surface area contributed by atoms with Crippen molar-refractivity contribution in [1.29, 1.82) is 0 Å². The van der Waals surface area contributed by atoms with E-state index in [0.29, 0.717) is 6.42 Å². The summed E-state index contributed by atoms with van der Waals surface area (Å²) in [7, 11) is 0. The van der Waals surface area contributed by atoms with Gasteiger partial charge in [-0.05, 0) is 38.5 Å². The van der Waals surface area contributed by atoms with Crippen LogP contribution in [0.25, 0.3) is 0 Å². The Balaban J connectivity index is 3.83. The number of hydrogen-bond acceptors (Lipinski definition) is 3. The number of carbonyl (C=O) groups excluding carboxylic acids is 1. The molecule has 0 saturated carbocycles. The molecule has 0 amide bonds. The highest BCUT2D eigenvalue weighted by Crippen LogP contribution is 2.18. The van der Waals surface area contributed by atoms with E-state index in [1.807, 2.05) is 0 Å². The molecule has 4 heteroatoms. The smallest absolute Gasteiger partial charge is 0.306 e. The van der Waals surface area contributed by atoms with Crippen molar-refractivity contribution in [2.45, 2.75) is 200 Å². The number of carboxylic acids is 1. The lowest BCUT2D eigenvalue weighted by Gasteiger charge is -2.18. The Bertz CT molecular complexity index is 491. The largest absolute Gasteiger partial charge is 0.481 e. The summed E-state index contributed by atoms with van der Waals surface area (Å²) in [5.74, 6) is -0.701. The number of carboxylic acid groups (broad SMARTS) is 1. The van der Waals surface area contributed by atoms with Gasteiger partial charge in [0.2, 0.25) is 0 Å². The summed E-state index contributed by atoms with van der Waals surface area (Å²) in [6, 6.07) is 0. The molecule has 0 aliphatic rings. The Kier molecular flexibility index (Phi) is 28.7. The van der Waals surface area contributed by atoms with Gasteiger partial charge in [-0.1, -0.05) is 142 Å². The lowest BCUT2D eigenvalue weighted by atomic mass is 10.0. The van der Waals surface area contributed by atoms with Gasteiger partial charge in [-0.25, -0.2) is 0 Å². The first-order valence-corrected chi connectivity index (χ1v) is 16.5. The Hall–Kier alpha value is -1.06. The van der Waals surface area contributed by atoms with Crippen LogP contribution in [0.15, 0.2) is 0 Å². The predicted octanol–water partition coefficient (Wildman–Crippen LogP) is 10.9. The van der Waals surface area contributed by atoms with E-state index >= 15 is 0 Å². The summed E-state index contributed by atoms with van der Waals surface area (Å²) in [6.45, 7) is 4.51. The molecule has 0 rings (SSSR count). The van der Waals surface area contributed by atoms with E-state index in [0.717, 1.165) is 64.2 Å². The van der Waals surface area contributed by atoms with Crippen LogP contribution in [0, 0.1) is 0 Å². The number of hydrogen-bond donors (Lipinski definition) is 1. The summed E-state index contributed by atoms with van der Waals surface area (Å²) < 4.78 is 5.91. The molecule has 0 aromatic carbocycles. The SMILES string of the molecule is CCCCCCCCCCCCCCCCC(=O)OC(CCCCCCC)CCCCCCCC(=O)O. The molecular weight excluding hydrogens is 460 g/mol. The number of ether oxygens (including phenoxy) is 1. The maximum absolute atomic E-state index is 12.5. The number of carbonyl (C=O) groups is 2. The average molecular weight is 525 g/mol. The molecule has 0 saturated heterocycles. The quantitative estimate of drug-likeness (QED) is 0.0749. The summed E-state index contributed by atoms with van der Waals surface area (Å²) in [5.41, 5.74) is 0. The summed E-state index contributed by atoms with van der Waals surface area (Å²) in [5, 5.41) is 8.74. The topological polar surface area (TPSA) is 63.6 Å². The second kappa shape index (κ2) is 29.5. The molecule has 0 aliphatic heterocycles. The lowest BCUT2D eigenvalue weighted by Crippen LogP contribution is -2.18. The third kappa shape index (κ3) is 29.4. The Morgan fingerprint density at radius 3 is 1.19 bits per heavy atom. The van der Waals surface area contributed by atoms with E-state index in [1.165, 1.54) is 103 Å². The molecule has 220 valence electrons. The first kappa shape index (κ1) is 35.9. The fraction of sp³-hybridized carbons (Fsp3) is 0.939. The van der Waals surface area contributed by atoms with Gasteiger partial charge >= 0.3 is 11.9 Å². The van der Waals surface area contributed by atoms with Crippen LogP contribution in [-0.4, -0.2) is 23.1 Å². The fourth-order valence-corrected chi connectivity index (χ4v) is 5.13. The fourth-order valence-electron chi connectivity index (χ4n) is 5.13. The minimum absolute atomic E-state index is 0.000969. The van der Waals surface area contributed by atoms with Crippen LogP contribution in [0.4, 0.5) is 0 Å². The molecule has 0 aromatic heterocycles. The van der Waals surface area contributed by atoms with Crippen molar-refractivity contribution >= 4 is 11.9 Å². The summed E-state index contributed by atoms with van der Waals surface area (Å²) >= 11 is 0. The molecule has 0 fully saturated rings. The van der Waals surface area contributed by atoms with Crippen molar-refractivity contribution in [3.8, 4) is 0 Å². The zero-order valence-electron chi connectivity index (χ0n) is 25.0. The predicted molar refractivity (Wildman–Crippen MR) is 158 cm³/mol. The zero-order valence-corrected chi connectivity index (χ0v) is 25.0. The van der Waals surface area contributed by atoms with Gasteiger partial charge in [0.15, 0.2) is 0 Å². The number of esters is 1. The molecule has 4 nitrogen and oxygen atoms in total. The summed E-state index contributed by atoms with van der Waals surface area (Å²) in [4.78, 5) is 23.1. The van der Waals surface area contributed by atoms with E-state index in [4.69, 9.17) is 9.84 Å². The minimum Gasteiger partial charge on any atom is -0.481 e. The normalized spacial score (nSPS) is 12.1. The van der Waals surface area contributed by atoms with Gasteiger partial charge in [0.25, 0.3) is 0 Å². The molecule has 1 unspecified atom stereocenters. The zero-order chi connectivity index (χ0) is 27.2. The van der Waals surface area contributed by atoms with E-state index in [1.54, 1.807) is 0 Å². The van der Waals surface area contributed by atoms with Gasteiger partial charge in [0.05, 0.1) is 0 Å². The van der Waals surface area contributed by atoms with Gasteiger partial charge in [-0.2, -0.15) is 0 Å². The van der Waals surface area contributed by atoms with Crippen molar-refractivity contribution in [3.05, 3.63) is 0 Å². The Morgan fingerprint density at radius 1 is 0.486 bits per heavy atom. The molecule has 37 heavy (non-hydrogen) atoms. The Labute approximate surface area is 231 Å². The van der Waals surface area contributed by atoms with E-state index < -0.39 is 5.97 Å². The van der Waals surface area contributed by atoms with Crippen LogP contribution in [0.1, 0.15) is 194 Å². The molecule has 0 bridgehead atoms. The van der Waals surface area contributed by atoms with E-state index in [2.05, 4.69) is 13.8 Å². The minimum atomic E-state index is -0.700. The average Bonchev–Trinajstić information content (AvgIpc) is 2.87. The summed E-state index contributed by atoms with van der Waals surface area (Å²) in [6.07, 6.45) is 32.6. The molecular formula is C33H64O4. The molecule has 0 aromatic rings. The van der Waals surface area contributed by atoms with Crippen LogP contribution in [0.2, 0.25) is 0 Å². The van der Waals surface area contributed by atoms with Gasteiger partial charge < -0.3 is 9.84 Å². The maximum atomic E-state index is 12.5. The standard InChI is InChI=1S/C33H64O4/c1-3-5-7-9-10-11-12-13-14-15-16-17-22-26-30-33(36)37-31(27-23-19-8-6-4-2)28-24-20-18-21-25-29-32(34)35/h31H,3-30H2,1-2H3,(H,34,35). The van der Waals surface area contributed by atoms with Crippen LogP contribution < -0.4 is 0 Å². The lowest BCUT2D eigenvalue weighted by molar-refractivity contribution is -0.150. The van der Waals surface area contributed by atoms with Crippen LogP contribution >= 0.6 is 0 Å². The van der Waals surface area contributed by atoms with Crippen LogP contribution in [0.3, 0.4) is 0 Å². The molecule has 0 heterocycles. The van der Waals surface area contributed by atoms with E-state index in [-0.39, 0.29) is 18.5 Å². The third-order valence-electron chi connectivity index (χ3n) is 7.58. The van der Waals surface area contributed by atoms with Crippen molar-refractivity contribution in [3.63, 3.8) is 0 Å². The van der Waals surface area contributed by atoms with Gasteiger partial charge in [0.1, 0.15) is 6.10 Å². The molecule has 1 N–H and O–H groups in total. The highest BCUT2D eigenvalue weighted by atomic mass is 16.5. The third-order valence-corrected chi connectivity index (χ3v) is 7.58. The monoisotopic (exact) mass is 524 g/mol. The van der Waals surface area contributed by atoms with Gasteiger partial charge in [0, 0.05) is 12.8 Å². The second-order valence-corrected chi connectivity index (χ2v) is 11.4. The maximum Gasteiger partial charge on any atom is 0.306 e. The first-order valence-electron chi connectivity index (χ1n) is 16.5. The number of unbranched alkanes of at least 4 members (excludes halogenated alkanes) is 21. The highest BCUT2D eigenvalue weighted by molar-refractivity contribution is 5.69. The molecule has 0 aliphatic carbocycles. The Morgan fingerprint density at radius 2 is 0.811 bits per heavy atom. The van der Waals surface area contributed by atoms with Gasteiger partial charge in [-0.15, -0.1) is 0 Å². The second-order valence-electron chi connectivity index (χ2n) is 11.4. The highest BCUT2D eigenvalue weighted by Gasteiger charge is 2.14. The van der Waals surface area contributed by atoms with Crippen molar-refractivity contribution in [2.24, 2.45) is 0 Å². The van der Waals surface area contributed by atoms with Crippen molar-refractivity contribution in [1.82, 2.24) is 0 Å².